The Labute approximate surface area is 228 Å². The number of hydrogen-bond donors (Lipinski definition) is 2. The Kier molecular flexibility index (Phi) is 11.8. The lowest BCUT2D eigenvalue weighted by molar-refractivity contribution is -0.134. The predicted molar refractivity (Wildman–Crippen MR) is 148 cm³/mol. The molecule has 9 heteroatoms. The normalized spacial score (nSPS) is 16.0. The van der Waals surface area contributed by atoms with Crippen LogP contribution in [-0.4, -0.2) is 72.3 Å². The van der Waals surface area contributed by atoms with E-state index in [9.17, 15) is 9.59 Å². The Morgan fingerprint density at radius 2 is 1.84 bits per heavy atom. The molecule has 0 saturated carbocycles. The van der Waals surface area contributed by atoms with Gasteiger partial charge < -0.3 is 24.4 Å². The molecular formula is C29H37NO7S. The first-order chi connectivity index (χ1) is 18.4. The van der Waals surface area contributed by atoms with E-state index >= 15 is 0 Å². The largest absolute Gasteiger partial charge is 0.496 e. The van der Waals surface area contributed by atoms with E-state index in [0.29, 0.717) is 18.2 Å². The van der Waals surface area contributed by atoms with E-state index in [4.69, 9.17) is 24.4 Å². The minimum Gasteiger partial charge on any atom is -0.496 e. The van der Waals surface area contributed by atoms with Gasteiger partial charge in [0.25, 0.3) is 0 Å². The first-order valence-electron chi connectivity index (χ1n) is 13.0. The number of thioether (sulfide) groups is 1. The predicted octanol–water partition coefficient (Wildman–Crippen LogP) is 4.93. The van der Waals surface area contributed by atoms with Crippen molar-refractivity contribution in [3.05, 3.63) is 59.7 Å². The quantitative estimate of drug-likeness (QED) is 0.301. The Bertz CT molecular complexity index is 1070. The van der Waals surface area contributed by atoms with Gasteiger partial charge in [0.1, 0.15) is 23.9 Å². The Hall–Kier alpha value is -3.17. The second-order valence-corrected chi connectivity index (χ2v) is 10.2. The highest BCUT2D eigenvalue weighted by atomic mass is 32.2. The number of aliphatic carboxylic acids is 2. The van der Waals surface area contributed by atoms with Gasteiger partial charge in [0.2, 0.25) is 0 Å². The van der Waals surface area contributed by atoms with Gasteiger partial charge in [0.15, 0.2) is 0 Å². The molecule has 0 saturated heterocycles. The number of rotatable bonds is 11. The third-order valence-corrected chi connectivity index (χ3v) is 7.57. The number of methoxy groups -OCH3 is 1. The standard InChI is InChI=1S/C25H33NO3S.C4H4O4/c1-3-13-26(20-17-21-22(27-2)10-5-11-23(21)29-18-20)14-7-15-28-24-12-4-8-19-9-6-16-30-25(19)24;5-3(6)1-2-4(7)8/h4-5,8,10-12,20H,3,6-7,9,13-18H2,1-2H3;1-2H,(H,5,6)(H,7,8)/b;2-1+. The number of ether oxygens (including phenoxy) is 3. The summed E-state index contributed by atoms with van der Waals surface area (Å²) in [5.41, 5.74) is 2.64. The topological polar surface area (TPSA) is 106 Å². The van der Waals surface area contributed by atoms with Crippen molar-refractivity contribution < 1.29 is 34.0 Å². The molecule has 2 aliphatic heterocycles. The van der Waals surface area contributed by atoms with E-state index < -0.39 is 11.9 Å². The van der Waals surface area contributed by atoms with Crippen molar-refractivity contribution >= 4 is 23.7 Å². The minimum absolute atomic E-state index is 0.383. The summed E-state index contributed by atoms with van der Waals surface area (Å²) in [5, 5.41) is 15.6. The number of carbonyl (C=O) groups is 2. The number of nitrogens with zero attached hydrogens (tertiary/aromatic N) is 1. The summed E-state index contributed by atoms with van der Waals surface area (Å²) in [6, 6.07) is 13.0. The van der Waals surface area contributed by atoms with E-state index in [0.717, 1.165) is 62.8 Å². The van der Waals surface area contributed by atoms with Crippen LogP contribution in [0.1, 0.15) is 37.3 Å². The number of fused-ring (bicyclic) bond motifs is 2. The van der Waals surface area contributed by atoms with Gasteiger partial charge in [-0.2, -0.15) is 0 Å². The Morgan fingerprint density at radius 1 is 1.11 bits per heavy atom. The maximum absolute atomic E-state index is 9.55. The summed E-state index contributed by atoms with van der Waals surface area (Å²) < 4.78 is 17.9. The molecule has 0 radical (unpaired) electrons. The molecule has 0 spiro atoms. The summed E-state index contributed by atoms with van der Waals surface area (Å²) >= 11 is 1.94. The van der Waals surface area contributed by atoms with Gasteiger partial charge in [-0.3, -0.25) is 4.90 Å². The van der Waals surface area contributed by atoms with E-state index in [1.807, 2.05) is 30.0 Å². The number of aryl methyl sites for hydroxylation is 1. The fourth-order valence-electron chi connectivity index (χ4n) is 4.62. The van der Waals surface area contributed by atoms with E-state index in [2.05, 4.69) is 30.0 Å². The van der Waals surface area contributed by atoms with Crippen molar-refractivity contribution in [3.63, 3.8) is 0 Å². The van der Waals surface area contributed by atoms with Crippen LogP contribution in [0.15, 0.2) is 53.4 Å². The summed E-state index contributed by atoms with van der Waals surface area (Å²) in [5.74, 6) is 1.66. The molecule has 1 atom stereocenters. The van der Waals surface area contributed by atoms with Crippen LogP contribution in [0.2, 0.25) is 0 Å². The smallest absolute Gasteiger partial charge is 0.328 e. The van der Waals surface area contributed by atoms with E-state index in [1.165, 1.54) is 34.6 Å². The van der Waals surface area contributed by atoms with Crippen LogP contribution in [0.3, 0.4) is 0 Å². The summed E-state index contributed by atoms with van der Waals surface area (Å²) in [6.07, 6.45) is 6.69. The molecule has 2 aliphatic rings. The molecule has 2 aromatic carbocycles. The zero-order chi connectivity index (χ0) is 27.3. The summed E-state index contributed by atoms with van der Waals surface area (Å²) in [4.78, 5) is 23.0. The van der Waals surface area contributed by atoms with Crippen molar-refractivity contribution in [2.75, 3.05) is 39.2 Å². The highest BCUT2D eigenvalue weighted by Crippen LogP contribution is 2.37. The molecule has 4 rings (SSSR count). The maximum atomic E-state index is 9.55. The molecule has 1 unspecified atom stereocenters. The van der Waals surface area contributed by atoms with Crippen LogP contribution in [0.5, 0.6) is 17.2 Å². The van der Waals surface area contributed by atoms with E-state index in [1.54, 1.807) is 7.11 Å². The van der Waals surface area contributed by atoms with Gasteiger partial charge >= 0.3 is 11.9 Å². The fraction of sp³-hybridized carbons (Fsp3) is 0.448. The van der Waals surface area contributed by atoms with Crippen molar-refractivity contribution in [1.29, 1.82) is 0 Å². The monoisotopic (exact) mass is 543 g/mol. The van der Waals surface area contributed by atoms with Crippen LogP contribution >= 0.6 is 11.8 Å². The molecule has 8 nitrogen and oxygen atoms in total. The average molecular weight is 544 g/mol. The summed E-state index contributed by atoms with van der Waals surface area (Å²) in [7, 11) is 1.74. The lowest BCUT2D eigenvalue weighted by Crippen LogP contribution is -2.44. The number of hydrogen-bond acceptors (Lipinski definition) is 7. The number of carboxylic acids is 2. The Morgan fingerprint density at radius 3 is 2.55 bits per heavy atom. The SMILES string of the molecule is CCCN(CCCOc1cccc2c1SCCC2)C1COc2cccc(OC)c2C1.O=C(O)/C=C/C(=O)O. The van der Waals surface area contributed by atoms with Gasteiger partial charge in [0.05, 0.1) is 18.6 Å². The van der Waals surface area contributed by atoms with Crippen LogP contribution in [0, 0.1) is 0 Å². The zero-order valence-electron chi connectivity index (χ0n) is 22.1. The first kappa shape index (κ1) is 29.4. The van der Waals surface area contributed by atoms with Crippen molar-refractivity contribution in [1.82, 2.24) is 4.90 Å². The van der Waals surface area contributed by atoms with Gasteiger partial charge in [-0.05, 0) is 68.2 Å². The second-order valence-electron chi connectivity index (χ2n) is 9.05. The molecular weight excluding hydrogens is 506 g/mol. The van der Waals surface area contributed by atoms with Gasteiger partial charge in [-0.25, -0.2) is 9.59 Å². The van der Waals surface area contributed by atoms with Gasteiger partial charge in [0, 0.05) is 30.3 Å². The molecule has 0 fully saturated rings. The minimum atomic E-state index is -1.26. The molecule has 206 valence electrons. The van der Waals surface area contributed by atoms with Crippen LogP contribution in [-0.2, 0) is 22.4 Å². The number of benzene rings is 2. The lowest BCUT2D eigenvalue weighted by atomic mass is 10.00. The van der Waals surface area contributed by atoms with E-state index in [-0.39, 0.29) is 0 Å². The molecule has 2 N–H and O–H groups in total. The molecule has 2 aromatic rings. The second kappa shape index (κ2) is 15.3. The van der Waals surface area contributed by atoms with Crippen LogP contribution in [0.4, 0.5) is 0 Å². The first-order valence-corrected chi connectivity index (χ1v) is 14.0. The molecule has 0 aromatic heterocycles. The fourth-order valence-corrected chi connectivity index (χ4v) is 5.73. The molecule has 2 heterocycles. The van der Waals surface area contributed by atoms with Crippen molar-refractivity contribution in [2.24, 2.45) is 0 Å². The van der Waals surface area contributed by atoms with Crippen LogP contribution < -0.4 is 14.2 Å². The van der Waals surface area contributed by atoms with Gasteiger partial charge in [-0.1, -0.05) is 25.1 Å². The lowest BCUT2D eigenvalue weighted by Gasteiger charge is -2.35. The van der Waals surface area contributed by atoms with Crippen molar-refractivity contribution in [2.45, 2.75) is 50.0 Å². The summed E-state index contributed by atoms with van der Waals surface area (Å²) in [6.45, 7) is 5.84. The molecule has 38 heavy (non-hydrogen) atoms. The van der Waals surface area contributed by atoms with Crippen LogP contribution in [0.25, 0.3) is 0 Å². The number of carboxylic acid groups (broad SMARTS) is 2. The molecule has 0 aliphatic carbocycles. The Balaban J connectivity index is 0.000000436. The third-order valence-electron chi connectivity index (χ3n) is 6.32. The molecule has 0 amide bonds. The average Bonchev–Trinajstić information content (AvgIpc) is 2.93. The highest BCUT2D eigenvalue weighted by Gasteiger charge is 2.27. The third kappa shape index (κ3) is 8.70. The zero-order valence-corrected chi connectivity index (χ0v) is 22.9. The van der Waals surface area contributed by atoms with Crippen molar-refractivity contribution in [3.8, 4) is 17.2 Å². The van der Waals surface area contributed by atoms with Gasteiger partial charge in [-0.15, -0.1) is 11.8 Å². The molecule has 0 bridgehead atoms. The maximum Gasteiger partial charge on any atom is 0.328 e. The highest BCUT2D eigenvalue weighted by molar-refractivity contribution is 7.99.